The topological polar surface area (TPSA) is 61.4 Å². The van der Waals surface area contributed by atoms with Crippen molar-refractivity contribution >= 4 is 29.9 Å². The lowest BCUT2D eigenvalue weighted by molar-refractivity contribution is 0.0203. The van der Waals surface area contributed by atoms with E-state index in [9.17, 15) is 0 Å². The summed E-state index contributed by atoms with van der Waals surface area (Å²) in [6, 6.07) is 0.519. The average molecular weight is 497 g/mol. The van der Waals surface area contributed by atoms with Crippen molar-refractivity contribution in [2.75, 3.05) is 79.8 Å². The molecule has 1 atom stereocenters. The highest BCUT2D eigenvalue weighted by atomic mass is 127. The van der Waals surface area contributed by atoms with Gasteiger partial charge in [-0.2, -0.15) is 0 Å². The summed E-state index contributed by atoms with van der Waals surface area (Å²) >= 11 is 0. The molecule has 7 nitrogen and oxygen atoms in total. The van der Waals surface area contributed by atoms with Gasteiger partial charge >= 0.3 is 0 Å². The van der Waals surface area contributed by atoms with Gasteiger partial charge in [0.05, 0.1) is 0 Å². The van der Waals surface area contributed by atoms with E-state index in [4.69, 9.17) is 9.47 Å². The molecule has 0 radical (unpaired) electrons. The number of aliphatic imine (C=N–C) groups is 1. The molecule has 0 aromatic rings. The fraction of sp³-hybridized carbons (Fsp3) is 0.947. The maximum atomic E-state index is 5.81. The molecule has 2 aliphatic rings. The number of halogens is 1. The summed E-state index contributed by atoms with van der Waals surface area (Å²) in [4.78, 5) is 9.26. The van der Waals surface area contributed by atoms with Crippen LogP contribution in [0.1, 0.15) is 26.2 Å². The monoisotopic (exact) mass is 497 g/mol. The van der Waals surface area contributed by atoms with Gasteiger partial charge in [0.2, 0.25) is 0 Å². The minimum absolute atomic E-state index is 0. The molecule has 8 heteroatoms. The van der Waals surface area contributed by atoms with Gasteiger partial charge in [0, 0.05) is 78.8 Å². The van der Waals surface area contributed by atoms with E-state index in [1.54, 1.807) is 0 Å². The molecule has 0 amide bonds. The van der Waals surface area contributed by atoms with Crippen molar-refractivity contribution in [1.82, 2.24) is 20.4 Å². The fourth-order valence-corrected chi connectivity index (χ4v) is 3.40. The Morgan fingerprint density at radius 1 is 1.19 bits per heavy atom. The largest absolute Gasteiger partial charge is 0.381 e. The minimum atomic E-state index is 0. The van der Waals surface area contributed by atoms with Crippen LogP contribution in [0.2, 0.25) is 0 Å². The van der Waals surface area contributed by atoms with Crippen LogP contribution in [0.4, 0.5) is 0 Å². The molecule has 2 saturated heterocycles. The van der Waals surface area contributed by atoms with Gasteiger partial charge in [0.1, 0.15) is 0 Å². The van der Waals surface area contributed by atoms with Crippen LogP contribution in [0, 0.1) is 5.92 Å². The number of ether oxygens (including phenoxy) is 2. The number of likely N-dealkylation sites (N-methyl/N-ethyl adjacent to an activating group) is 1. The van der Waals surface area contributed by atoms with E-state index in [1.807, 2.05) is 7.05 Å². The van der Waals surface area contributed by atoms with E-state index in [0.717, 1.165) is 90.9 Å². The second-order valence-electron chi connectivity index (χ2n) is 7.55. The van der Waals surface area contributed by atoms with E-state index >= 15 is 0 Å². The Morgan fingerprint density at radius 3 is 2.56 bits per heavy atom. The van der Waals surface area contributed by atoms with Gasteiger partial charge in [-0.25, -0.2) is 0 Å². The lowest BCUT2D eigenvalue weighted by Crippen LogP contribution is -2.52. The zero-order chi connectivity index (χ0) is 18.6. The minimum Gasteiger partial charge on any atom is -0.381 e. The van der Waals surface area contributed by atoms with Crippen molar-refractivity contribution in [3.8, 4) is 0 Å². The molecule has 0 aliphatic carbocycles. The molecule has 2 rings (SSSR count). The molecule has 2 N–H and O–H groups in total. The predicted molar refractivity (Wildman–Crippen MR) is 122 cm³/mol. The van der Waals surface area contributed by atoms with E-state index in [2.05, 4.69) is 39.4 Å². The van der Waals surface area contributed by atoms with Gasteiger partial charge in [-0.15, -0.1) is 24.0 Å². The Morgan fingerprint density at radius 2 is 1.89 bits per heavy atom. The third kappa shape index (κ3) is 10.3. The predicted octanol–water partition coefficient (Wildman–Crippen LogP) is 1.24. The molecule has 0 spiro atoms. The van der Waals surface area contributed by atoms with Crippen molar-refractivity contribution in [3.05, 3.63) is 0 Å². The van der Waals surface area contributed by atoms with Gasteiger partial charge in [-0.05, 0) is 39.2 Å². The SMILES string of the molecule is CN=C(NCCCOCC1CCOCC1)NCC(C)N1CCN(C)CC1.I. The molecule has 160 valence electrons. The van der Waals surface area contributed by atoms with Crippen LogP contribution in [0.15, 0.2) is 4.99 Å². The molecule has 2 heterocycles. The number of piperazine rings is 1. The summed E-state index contributed by atoms with van der Waals surface area (Å²) in [5, 5.41) is 6.83. The van der Waals surface area contributed by atoms with Crippen LogP contribution < -0.4 is 10.6 Å². The lowest BCUT2D eigenvalue weighted by Gasteiger charge is -2.36. The van der Waals surface area contributed by atoms with Gasteiger partial charge in [0.15, 0.2) is 5.96 Å². The van der Waals surface area contributed by atoms with E-state index in [-0.39, 0.29) is 24.0 Å². The summed E-state index contributed by atoms with van der Waals surface area (Å²) < 4.78 is 11.2. The molecule has 0 aromatic heterocycles. The number of nitrogens with zero attached hydrogens (tertiary/aromatic N) is 3. The number of guanidine groups is 1. The third-order valence-corrected chi connectivity index (χ3v) is 5.40. The van der Waals surface area contributed by atoms with Crippen molar-refractivity contribution in [1.29, 1.82) is 0 Å². The van der Waals surface area contributed by atoms with E-state index < -0.39 is 0 Å². The molecular formula is C19H40IN5O2. The Kier molecular flexibility index (Phi) is 13.6. The van der Waals surface area contributed by atoms with Crippen LogP contribution in [-0.4, -0.2) is 102 Å². The molecule has 0 saturated carbocycles. The maximum absolute atomic E-state index is 5.81. The lowest BCUT2D eigenvalue weighted by atomic mass is 10.0. The first kappa shape index (κ1) is 24.9. The highest BCUT2D eigenvalue weighted by Crippen LogP contribution is 2.14. The second-order valence-corrected chi connectivity index (χ2v) is 7.55. The summed E-state index contributed by atoms with van der Waals surface area (Å²) in [6.07, 6.45) is 3.28. The second kappa shape index (κ2) is 14.8. The number of hydrogen-bond acceptors (Lipinski definition) is 5. The van der Waals surface area contributed by atoms with Crippen molar-refractivity contribution in [2.24, 2.45) is 10.9 Å². The molecule has 2 fully saturated rings. The van der Waals surface area contributed by atoms with Crippen LogP contribution >= 0.6 is 24.0 Å². The summed E-state index contributed by atoms with van der Waals surface area (Å²) in [5.41, 5.74) is 0. The summed E-state index contributed by atoms with van der Waals surface area (Å²) in [7, 11) is 4.02. The Labute approximate surface area is 182 Å². The van der Waals surface area contributed by atoms with E-state index in [1.165, 1.54) is 0 Å². The van der Waals surface area contributed by atoms with Crippen LogP contribution in [0.5, 0.6) is 0 Å². The molecule has 1 unspecified atom stereocenters. The molecular weight excluding hydrogens is 457 g/mol. The molecule has 27 heavy (non-hydrogen) atoms. The highest BCUT2D eigenvalue weighted by Gasteiger charge is 2.19. The standard InChI is InChI=1S/C19H39N5O2.HI/c1-17(24-10-8-23(3)9-11-24)15-22-19(20-2)21-7-4-12-26-16-18-5-13-25-14-6-18;/h17-18H,4-16H2,1-3H3,(H2,20,21,22);1H. The normalized spacial score (nSPS) is 21.5. The quantitative estimate of drug-likeness (QED) is 0.217. The highest BCUT2D eigenvalue weighted by molar-refractivity contribution is 14.0. The first-order valence-electron chi connectivity index (χ1n) is 10.2. The van der Waals surface area contributed by atoms with Crippen LogP contribution in [0.3, 0.4) is 0 Å². The van der Waals surface area contributed by atoms with Crippen molar-refractivity contribution < 1.29 is 9.47 Å². The molecule has 2 aliphatic heterocycles. The van der Waals surface area contributed by atoms with Gasteiger partial charge in [-0.3, -0.25) is 9.89 Å². The number of nitrogens with one attached hydrogen (secondary N) is 2. The van der Waals surface area contributed by atoms with Gasteiger partial charge in [-0.1, -0.05) is 0 Å². The zero-order valence-electron chi connectivity index (χ0n) is 17.4. The smallest absolute Gasteiger partial charge is 0.191 e. The average Bonchev–Trinajstić information content (AvgIpc) is 2.68. The van der Waals surface area contributed by atoms with Crippen LogP contribution in [-0.2, 0) is 9.47 Å². The molecule has 0 bridgehead atoms. The van der Waals surface area contributed by atoms with Crippen molar-refractivity contribution in [3.63, 3.8) is 0 Å². The molecule has 0 aromatic carbocycles. The van der Waals surface area contributed by atoms with Gasteiger partial charge < -0.3 is 25.0 Å². The van der Waals surface area contributed by atoms with Crippen LogP contribution in [0.25, 0.3) is 0 Å². The Balaban J connectivity index is 0.00000364. The first-order valence-corrected chi connectivity index (χ1v) is 10.2. The first-order chi connectivity index (χ1) is 12.7. The zero-order valence-corrected chi connectivity index (χ0v) is 19.7. The van der Waals surface area contributed by atoms with Crippen molar-refractivity contribution in [2.45, 2.75) is 32.2 Å². The van der Waals surface area contributed by atoms with E-state index in [0.29, 0.717) is 12.0 Å². The Bertz CT molecular complexity index is 400. The Hall–Kier alpha value is -0.160. The van der Waals surface area contributed by atoms with Gasteiger partial charge in [0.25, 0.3) is 0 Å². The summed E-state index contributed by atoms with van der Waals surface area (Å²) in [5.74, 6) is 1.57. The maximum Gasteiger partial charge on any atom is 0.191 e. The summed E-state index contributed by atoms with van der Waals surface area (Å²) in [6.45, 7) is 12.2. The third-order valence-electron chi connectivity index (χ3n) is 5.40. The fourth-order valence-electron chi connectivity index (χ4n) is 3.40. The number of rotatable bonds is 9. The number of hydrogen-bond donors (Lipinski definition) is 2.